The van der Waals surface area contributed by atoms with Gasteiger partial charge in [-0.15, -0.1) is 0 Å². The molecule has 0 saturated carbocycles. The second-order valence-electron chi connectivity index (χ2n) is 4.23. The molecular weight excluding hydrogens is 224 g/mol. The molecule has 17 heavy (non-hydrogen) atoms. The van der Waals surface area contributed by atoms with Crippen LogP contribution in [0.4, 0.5) is 0 Å². The summed E-state index contributed by atoms with van der Waals surface area (Å²) < 4.78 is 5.20. The third kappa shape index (κ3) is 4.99. The summed E-state index contributed by atoms with van der Waals surface area (Å²) in [6, 6.07) is -0.400. The highest BCUT2D eigenvalue weighted by molar-refractivity contribution is 5.72. The minimum absolute atomic E-state index is 0.0594. The smallest absolute Gasteiger partial charge is 0.320 e. The van der Waals surface area contributed by atoms with Crippen molar-refractivity contribution in [2.45, 2.75) is 13.0 Å². The van der Waals surface area contributed by atoms with E-state index in [0.29, 0.717) is 13.2 Å². The molecule has 0 amide bonds. The fourth-order valence-electron chi connectivity index (χ4n) is 1.89. The van der Waals surface area contributed by atoms with E-state index < -0.39 is 12.0 Å². The molecule has 0 aromatic carbocycles. The summed E-state index contributed by atoms with van der Waals surface area (Å²) in [7, 11) is 0. The molecule has 2 N–H and O–H groups in total. The number of aliphatic hydroxyl groups excluding tert-OH is 1. The van der Waals surface area contributed by atoms with Crippen LogP contribution in [-0.2, 0) is 9.53 Å². The first kappa shape index (κ1) is 14.4. The van der Waals surface area contributed by atoms with Gasteiger partial charge < -0.3 is 14.9 Å². The number of carbonyl (C=O) groups is 1. The van der Waals surface area contributed by atoms with Gasteiger partial charge in [-0.3, -0.25) is 14.6 Å². The Morgan fingerprint density at radius 2 is 1.94 bits per heavy atom. The van der Waals surface area contributed by atoms with Crippen molar-refractivity contribution < 1.29 is 19.7 Å². The predicted molar refractivity (Wildman–Crippen MR) is 63.0 cm³/mol. The summed E-state index contributed by atoms with van der Waals surface area (Å²) in [5, 5.41) is 17.5. The first-order valence-electron chi connectivity index (χ1n) is 6.03. The summed E-state index contributed by atoms with van der Waals surface area (Å²) in [5.41, 5.74) is 0. The van der Waals surface area contributed by atoms with E-state index in [-0.39, 0.29) is 6.61 Å². The molecule has 100 valence electrons. The first-order chi connectivity index (χ1) is 8.15. The van der Waals surface area contributed by atoms with Gasteiger partial charge in [0, 0.05) is 32.7 Å². The summed E-state index contributed by atoms with van der Waals surface area (Å²) >= 11 is 0. The van der Waals surface area contributed by atoms with Crippen LogP contribution in [0.2, 0.25) is 0 Å². The largest absolute Gasteiger partial charge is 0.480 e. The topological polar surface area (TPSA) is 73.2 Å². The van der Waals surface area contributed by atoms with Crippen LogP contribution < -0.4 is 0 Å². The predicted octanol–water partition coefficient (Wildman–Crippen LogP) is -0.914. The second-order valence-corrected chi connectivity index (χ2v) is 4.23. The minimum atomic E-state index is -0.760. The molecule has 0 radical (unpaired) electrons. The van der Waals surface area contributed by atoms with Crippen LogP contribution in [0.15, 0.2) is 0 Å². The average Bonchev–Trinajstić information content (AvgIpc) is 2.34. The van der Waals surface area contributed by atoms with Crippen molar-refractivity contribution in [3.05, 3.63) is 0 Å². The lowest BCUT2D eigenvalue weighted by Gasteiger charge is -2.36. The maximum atomic E-state index is 10.8. The number of aliphatic carboxylic acids is 1. The van der Waals surface area contributed by atoms with Gasteiger partial charge in [-0.2, -0.15) is 0 Å². The zero-order valence-corrected chi connectivity index (χ0v) is 10.3. The number of hydrogen-bond acceptors (Lipinski definition) is 5. The van der Waals surface area contributed by atoms with Gasteiger partial charge in [0.15, 0.2) is 0 Å². The van der Waals surface area contributed by atoms with Crippen LogP contribution in [0.1, 0.15) is 6.92 Å². The van der Waals surface area contributed by atoms with Crippen LogP contribution in [0.25, 0.3) is 0 Å². The van der Waals surface area contributed by atoms with Crippen molar-refractivity contribution in [2.75, 3.05) is 52.5 Å². The number of hydrogen-bond donors (Lipinski definition) is 2. The second kappa shape index (κ2) is 7.60. The third-order valence-corrected chi connectivity index (χ3v) is 3.10. The molecule has 0 bridgehead atoms. The lowest BCUT2D eigenvalue weighted by atomic mass is 10.2. The molecule has 6 heteroatoms. The Hall–Kier alpha value is -0.690. The van der Waals surface area contributed by atoms with E-state index in [1.54, 1.807) is 6.92 Å². The molecule has 1 aliphatic rings. The molecule has 1 aliphatic heterocycles. The Balaban J connectivity index is 2.15. The van der Waals surface area contributed by atoms with Crippen LogP contribution in [-0.4, -0.2) is 84.6 Å². The Bertz CT molecular complexity index is 230. The maximum Gasteiger partial charge on any atom is 0.320 e. The summed E-state index contributed by atoms with van der Waals surface area (Å²) in [6.07, 6.45) is 0. The van der Waals surface area contributed by atoms with Crippen LogP contribution >= 0.6 is 0 Å². The van der Waals surface area contributed by atoms with Crippen molar-refractivity contribution in [1.29, 1.82) is 0 Å². The molecule has 1 saturated heterocycles. The van der Waals surface area contributed by atoms with Crippen molar-refractivity contribution in [1.82, 2.24) is 9.80 Å². The van der Waals surface area contributed by atoms with E-state index in [1.807, 2.05) is 4.90 Å². The zero-order chi connectivity index (χ0) is 12.7. The lowest BCUT2D eigenvalue weighted by molar-refractivity contribution is -0.143. The fraction of sp³-hybridized carbons (Fsp3) is 0.909. The monoisotopic (exact) mass is 246 g/mol. The zero-order valence-electron chi connectivity index (χ0n) is 10.3. The van der Waals surface area contributed by atoms with Crippen LogP contribution in [0.5, 0.6) is 0 Å². The molecular formula is C11H22N2O4. The highest BCUT2D eigenvalue weighted by atomic mass is 16.5. The fourth-order valence-corrected chi connectivity index (χ4v) is 1.89. The highest BCUT2D eigenvalue weighted by Gasteiger charge is 2.24. The van der Waals surface area contributed by atoms with Crippen LogP contribution in [0, 0.1) is 0 Å². The summed E-state index contributed by atoms with van der Waals surface area (Å²) in [6.45, 7) is 6.95. The Morgan fingerprint density at radius 1 is 1.29 bits per heavy atom. The molecule has 1 fully saturated rings. The number of aliphatic hydroxyl groups is 1. The van der Waals surface area contributed by atoms with E-state index in [2.05, 4.69) is 4.90 Å². The Morgan fingerprint density at radius 3 is 2.47 bits per heavy atom. The van der Waals surface area contributed by atoms with E-state index in [9.17, 15) is 4.79 Å². The van der Waals surface area contributed by atoms with Crippen molar-refractivity contribution in [3.63, 3.8) is 0 Å². The van der Waals surface area contributed by atoms with Gasteiger partial charge in [0.1, 0.15) is 6.04 Å². The summed E-state index contributed by atoms with van der Waals surface area (Å²) in [5.74, 6) is -0.760. The number of piperazine rings is 1. The van der Waals surface area contributed by atoms with Crippen molar-refractivity contribution in [3.8, 4) is 0 Å². The lowest BCUT2D eigenvalue weighted by Crippen LogP contribution is -2.52. The van der Waals surface area contributed by atoms with Gasteiger partial charge in [0.2, 0.25) is 0 Å². The highest BCUT2D eigenvalue weighted by Crippen LogP contribution is 2.06. The number of carboxylic acids is 1. The molecule has 0 spiro atoms. The number of carboxylic acid groups (broad SMARTS) is 1. The number of ether oxygens (including phenoxy) is 1. The number of nitrogens with zero attached hydrogens (tertiary/aromatic N) is 2. The molecule has 1 atom stereocenters. The van der Waals surface area contributed by atoms with E-state index in [1.165, 1.54) is 0 Å². The van der Waals surface area contributed by atoms with E-state index in [4.69, 9.17) is 14.9 Å². The van der Waals surface area contributed by atoms with Gasteiger partial charge in [0.25, 0.3) is 0 Å². The Kier molecular flexibility index (Phi) is 6.43. The molecule has 0 aromatic rings. The first-order valence-corrected chi connectivity index (χ1v) is 6.03. The molecule has 1 rings (SSSR count). The quantitative estimate of drug-likeness (QED) is 0.566. The minimum Gasteiger partial charge on any atom is -0.480 e. The molecule has 0 aromatic heterocycles. The standard InChI is InChI=1S/C11H22N2O4/c1-10(11(15)16)13-4-2-12(3-5-13)6-8-17-9-7-14/h10,14H,2-9H2,1H3,(H,15,16). The number of rotatable bonds is 7. The molecule has 6 nitrogen and oxygen atoms in total. The van der Waals surface area contributed by atoms with Gasteiger partial charge in [-0.1, -0.05) is 0 Å². The van der Waals surface area contributed by atoms with Crippen molar-refractivity contribution in [2.24, 2.45) is 0 Å². The maximum absolute atomic E-state index is 10.8. The van der Waals surface area contributed by atoms with Gasteiger partial charge in [0.05, 0.1) is 19.8 Å². The van der Waals surface area contributed by atoms with E-state index >= 15 is 0 Å². The van der Waals surface area contributed by atoms with Crippen molar-refractivity contribution >= 4 is 5.97 Å². The van der Waals surface area contributed by atoms with Gasteiger partial charge in [-0.05, 0) is 6.92 Å². The Labute approximate surface area is 102 Å². The van der Waals surface area contributed by atoms with E-state index in [0.717, 1.165) is 32.7 Å². The summed E-state index contributed by atoms with van der Waals surface area (Å²) in [4.78, 5) is 15.1. The normalized spacial score (nSPS) is 20.4. The third-order valence-electron chi connectivity index (χ3n) is 3.10. The van der Waals surface area contributed by atoms with Crippen LogP contribution in [0.3, 0.4) is 0 Å². The average molecular weight is 246 g/mol. The SMILES string of the molecule is CC(C(=O)O)N1CCN(CCOCCO)CC1. The van der Waals surface area contributed by atoms with Gasteiger partial charge in [-0.25, -0.2) is 0 Å². The molecule has 0 aliphatic carbocycles. The van der Waals surface area contributed by atoms with Gasteiger partial charge >= 0.3 is 5.97 Å². The molecule has 1 heterocycles. The molecule has 1 unspecified atom stereocenters.